The van der Waals surface area contributed by atoms with E-state index in [0.717, 1.165) is 6.08 Å². The predicted molar refractivity (Wildman–Crippen MR) is 78.7 cm³/mol. The smallest absolute Gasteiger partial charge is 0.485 e. The minimum absolute atomic E-state index is 0.188. The average Bonchev–Trinajstić information content (AvgIpc) is 2.62. The largest absolute Gasteiger partial charge is 0.529 e. The first-order chi connectivity index (χ1) is 11.9. The lowest BCUT2D eigenvalue weighted by molar-refractivity contribution is -0.273. The van der Waals surface area contributed by atoms with Crippen molar-refractivity contribution in [3.8, 4) is 0 Å². The van der Waals surface area contributed by atoms with Crippen molar-refractivity contribution in [2.75, 3.05) is 26.4 Å². The van der Waals surface area contributed by atoms with Gasteiger partial charge in [0.25, 0.3) is 0 Å². The summed E-state index contributed by atoms with van der Waals surface area (Å²) in [5.41, 5.74) is 1.21. The van der Waals surface area contributed by atoms with Crippen LogP contribution in [0.3, 0.4) is 0 Å². The first kappa shape index (κ1) is 22.9. The van der Waals surface area contributed by atoms with Gasteiger partial charge in [-0.15, -0.1) is 0 Å². The fraction of sp³-hybridized carbons (Fsp3) is 0.714. The van der Waals surface area contributed by atoms with Crippen LogP contribution < -0.4 is 0 Å². The van der Waals surface area contributed by atoms with E-state index in [4.69, 9.17) is 13.3 Å². The molecule has 1 aliphatic carbocycles. The van der Waals surface area contributed by atoms with Crippen molar-refractivity contribution < 1.29 is 48.7 Å². The molecule has 0 aromatic rings. The number of hydrogen-bond acceptors (Lipinski definition) is 4. The molecule has 0 aromatic carbocycles. The van der Waals surface area contributed by atoms with Crippen molar-refractivity contribution in [2.45, 2.75) is 38.5 Å². The molecule has 1 rings (SSSR count). The van der Waals surface area contributed by atoms with Crippen LogP contribution in [0.25, 0.3) is 0 Å². The summed E-state index contributed by atoms with van der Waals surface area (Å²) in [6.07, 6.45) is 0.998. The molecule has 0 aromatic heterocycles. The molecule has 0 aliphatic heterocycles. The minimum Gasteiger partial charge on any atom is -0.485 e. The molecule has 0 saturated heterocycles. The van der Waals surface area contributed by atoms with Gasteiger partial charge in [0, 0.05) is 19.8 Å². The SMILES string of the molecule is CCO[Si](C=CCOC1=C(F)C(F)(F)C(F)(F)C1(F)F)(OCC)OCC. The highest BCUT2D eigenvalue weighted by Gasteiger charge is 2.82. The summed E-state index contributed by atoms with van der Waals surface area (Å²) in [6.45, 7) is 4.61. The van der Waals surface area contributed by atoms with E-state index < -0.39 is 44.8 Å². The fourth-order valence-electron chi connectivity index (χ4n) is 2.11. The van der Waals surface area contributed by atoms with Crippen molar-refractivity contribution in [3.05, 3.63) is 23.4 Å². The van der Waals surface area contributed by atoms with Gasteiger partial charge in [0.15, 0.2) is 0 Å². The third-order valence-electron chi connectivity index (χ3n) is 3.23. The van der Waals surface area contributed by atoms with Gasteiger partial charge in [-0.25, -0.2) is 4.39 Å². The van der Waals surface area contributed by atoms with Crippen LogP contribution in [0.5, 0.6) is 0 Å². The zero-order valence-electron chi connectivity index (χ0n) is 14.3. The van der Waals surface area contributed by atoms with Gasteiger partial charge in [-0.1, -0.05) is 0 Å². The summed E-state index contributed by atoms with van der Waals surface area (Å²) >= 11 is 0. The van der Waals surface area contributed by atoms with E-state index in [1.807, 2.05) is 0 Å². The first-order valence-electron chi connectivity index (χ1n) is 7.70. The van der Waals surface area contributed by atoms with Crippen molar-refractivity contribution in [1.82, 2.24) is 0 Å². The van der Waals surface area contributed by atoms with E-state index in [1.54, 1.807) is 20.8 Å². The Balaban J connectivity index is 2.94. The van der Waals surface area contributed by atoms with Crippen LogP contribution in [0.2, 0.25) is 0 Å². The first-order valence-corrected chi connectivity index (χ1v) is 9.50. The molecule has 152 valence electrons. The molecule has 1 aliphatic rings. The van der Waals surface area contributed by atoms with Crippen molar-refractivity contribution in [2.24, 2.45) is 0 Å². The number of rotatable bonds is 10. The highest BCUT2D eigenvalue weighted by Crippen LogP contribution is 2.59. The van der Waals surface area contributed by atoms with E-state index in [0.29, 0.717) is 0 Å². The van der Waals surface area contributed by atoms with Crippen LogP contribution in [0.1, 0.15) is 20.8 Å². The van der Waals surface area contributed by atoms with Crippen LogP contribution in [0, 0.1) is 0 Å². The number of hydrogen-bond donors (Lipinski definition) is 0. The zero-order valence-corrected chi connectivity index (χ0v) is 15.3. The highest BCUT2D eigenvalue weighted by atomic mass is 28.4. The molecule has 0 N–H and O–H groups in total. The summed E-state index contributed by atoms with van der Waals surface area (Å²) in [7, 11) is -3.34. The minimum atomic E-state index is -5.93. The summed E-state index contributed by atoms with van der Waals surface area (Å²) in [5, 5.41) is 0. The molecule has 0 spiro atoms. The summed E-state index contributed by atoms with van der Waals surface area (Å²) < 4.78 is 113. The number of ether oxygens (including phenoxy) is 1. The van der Waals surface area contributed by atoms with Gasteiger partial charge < -0.3 is 18.0 Å². The predicted octanol–water partition coefficient (Wildman–Crippen LogP) is 4.25. The maximum absolute atomic E-state index is 13.4. The van der Waals surface area contributed by atoms with Gasteiger partial charge in [0.2, 0.25) is 11.6 Å². The quantitative estimate of drug-likeness (QED) is 0.397. The molecule has 0 radical (unpaired) electrons. The zero-order chi connectivity index (χ0) is 20.2. The van der Waals surface area contributed by atoms with Crippen LogP contribution in [0.4, 0.5) is 30.7 Å². The second kappa shape index (κ2) is 8.27. The fourth-order valence-corrected chi connectivity index (χ4v) is 4.24. The molecule has 0 atom stereocenters. The van der Waals surface area contributed by atoms with Gasteiger partial charge in [0.1, 0.15) is 6.61 Å². The molecule has 26 heavy (non-hydrogen) atoms. The summed E-state index contributed by atoms with van der Waals surface area (Å²) in [6, 6.07) is 0. The number of halogens is 7. The Kier molecular flexibility index (Phi) is 7.30. The molecular weight excluding hydrogens is 393 g/mol. The average molecular weight is 412 g/mol. The normalized spacial score (nSPS) is 21.6. The third kappa shape index (κ3) is 3.92. The van der Waals surface area contributed by atoms with Crippen molar-refractivity contribution >= 4 is 8.80 Å². The van der Waals surface area contributed by atoms with E-state index >= 15 is 0 Å². The van der Waals surface area contributed by atoms with E-state index in [-0.39, 0.29) is 19.8 Å². The Hall–Kier alpha value is -1.11. The van der Waals surface area contributed by atoms with Crippen LogP contribution in [0.15, 0.2) is 23.4 Å². The van der Waals surface area contributed by atoms with Crippen LogP contribution in [-0.2, 0) is 18.0 Å². The molecule has 0 saturated carbocycles. The Morgan fingerprint density at radius 2 is 1.31 bits per heavy atom. The standard InChI is InChI=1S/C14H19F7O4Si/c1-4-23-26(24-5-2,25-6-3)9-7-8-22-11-10(15)12(16,17)14(20,21)13(11,18)19/h7,9H,4-6,8H2,1-3H3. The Bertz CT molecular complexity index is 534. The lowest BCUT2D eigenvalue weighted by Crippen LogP contribution is -2.49. The Morgan fingerprint density at radius 1 is 0.846 bits per heavy atom. The second-order valence-electron chi connectivity index (χ2n) is 4.98. The monoisotopic (exact) mass is 412 g/mol. The van der Waals surface area contributed by atoms with Gasteiger partial charge in [-0.3, -0.25) is 0 Å². The van der Waals surface area contributed by atoms with Gasteiger partial charge >= 0.3 is 26.6 Å². The van der Waals surface area contributed by atoms with Gasteiger partial charge in [0.05, 0.1) is 0 Å². The van der Waals surface area contributed by atoms with E-state index in [2.05, 4.69) is 4.74 Å². The lowest BCUT2D eigenvalue weighted by Gasteiger charge is -2.25. The van der Waals surface area contributed by atoms with E-state index in [9.17, 15) is 30.7 Å². The summed E-state index contributed by atoms with van der Waals surface area (Å²) in [5.74, 6) is -22.5. The maximum Gasteiger partial charge on any atom is 0.529 e. The Morgan fingerprint density at radius 3 is 1.65 bits per heavy atom. The number of allylic oxidation sites excluding steroid dienone is 2. The maximum atomic E-state index is 13.4. The third-order valence-corrected chi connectivity index (χ3v) is 5.95. The lowest BCUT2D eigenvalue weighted by atomic mass is 10.1. The van der Waals surface area contributed by atoms with E-state index in [1.165, 1.54) is 5.70 Å². The summed E-state index contributed by atoms with van der Waals surface area (Å²) in [4.78, 5) is 0. The molecule has 0 unspecified atom stereocenters. The second-order valence-corrected chi connectivity index (χ2v) is 7.39. The molecule has 4 nitrogen and oxygen atoms in total. The topological polar surface area (TPSA) is 36.9 Å². The number of alkyl halides is 6. The highest BCUT2D eigenvalue weighted by molar-refractivity contribution is 6.66. The van der Waals surface area contributed by atoms with Crippen molar-refractivity contribution in [1.29, 1.82) is 0 Å². The molecule has 0 amide bonds. The molecule has 0 bridgehead atoms. The van der Waals surface area contributed by atoms with Gasteiger partial charge in [-0.2, -0.15) is 26.3 Å². The Labute approximate surface area is 146 Å². The van der Waals surface area contributed by atoms with Crippen LogP contribution >= 0.6 is 0 Å². The van der Waals surface area contributed by atoms with Crippen molar-refractivity contribution in [3.63, 3.8) is 0 Å². The van der Waals surface area contributed by atoms with Gasteiger partial charge in [-0.05, 0) is 32.5 Å². The molecule has 12 heteroatoms. The van der Waals surface area contributed by atoms with Crippen LogP contribution in [-0.4, -0.2) is 53.0 Å². The molecule has 0 fully saturated rings. The molecular formula is C14H19F7O4Si. The molecule has 0 heterocycles.